The second-order valence-electron chi connectivity index (χ2n) is 3.84. The van der Waals surface area contributed by atoms with Crippen LogP contribution in [0.2, 0.25) is 0 Å². The van der Waals surface area contributed by atoms with Crippen molar-refractivity contribution in [3.8, 4) is 0 Å². The fourth-order valence-corrected chi connectivity index (χ4v) is 2.57. The van der Waals surface area contributed by atoms with Gasteiger partial charge < -0.3 is 10.7 Å². The molecule has 0 fully saturated rings. The Bertz CT molecular complexity index is 453. The molecule has 1 heterocycles. The molecule has 2 rings (SSSR count). The van der Waals surface area contributed by atoms with Crippen LogP contribution in [0.25, 0.3) is 0 Å². The van der Waals surface area contributed by atoms with Gasteiger partial charge in [0.2, 0.25) is 0 Å². The number of imidazole rings is 1. The molecule has 0 aliphatic heterocycles. The van der Waals surface area contributed by atoms with Gasteiger partial charge in [0.1, 0.15) is 5.82 Å². The molecule has 0 aliphatic rings. The average Bonchev–Trinajstić information content (AvgIpc) is 2.80. The van der Waals surface area contributed by atoms with Gasteiger partial charge in [-0.3, -0.25) is 0 Å². The van der Waals surface area contributed by atoms with E-state index in [1.807, 2.05) is 6.92 Å². The molecular formula is C12H14FN3S. The molecule has 90 valence electrons. The van der Waals surface area contributed by atoms with Crippen molar-refractivity contribution < 1.29 is 4.39 Å². The number of nitrogens with one attached hydrogen (secondary N) is 1. The van der Waals surface area contributed by atoms with E-state index in [2.05, 4.69) is 9.97 Å². The van der Waals surface area contributed by atoms with E-state index >= 15 is 0 Å². The third-order valence-corrected chi connectivity index (χ3v) is 3.79. The number of hydrogen-bond donors (Lipinski definition) is 2. The average molecular weight is 251 g/mol. The number of hydrogen-bond acceptors (Lipinski definition) is 3. The molecule has 2 aromatic rings. The summed E-state index contributed by atoms with van der Waals surface area (Å²) in [5, 5.41) is 0.873. The van der Waals surface area contributed by atoms with Crippen LogP contribution in [0.4, 0.5) is 4.39 Å². The zero-order valence-corrected chi connectivity index (χ0v) is 10.2. The number of H-pyrrole nitrogens is 1. The molecule has 0 radical (unpaired) electrons. The normalized spacial score (nSPS) is 14.5. The Kier molecular flexibility index (Phi) is 3.81. The lowest BCUT2D eigenvalue weighted by atomic mass is 10.1. The zero-order chi connectivity index (χ0) is 12.3. The summed E-state index contributed by atoms with van der Waals surface area (Å²) in [6, 6.07) is 6.38. The summed E-state index contributed by atoms with van der Waals surface area (Å²) in [5.41, 5.74) is 6.97. The van der Waals surface area contributed by atoms with Crippen molar-refractivity contribution in [2.24, 2.45) is 5.73 Å². The Morgan fingerprint density at radius 3 is 2.59 bits per heavy atom. The van der Waals surface area contributed by atoms with Gasteiger partial charge in [-0.05, 0) is 24.6 Å². The van der Waals surface area contributed by atoms with E-state index in [0.717, 1.165) is 10.7 Å². The maximum atomic E-state index is 12.9. The van der Waals surface area contributed by atoms with Crippen molar-refractivity contribution in [3.63, 3.8) is 0 Å². The van der Waals surface area contributed by atoms with Crippen LogP contribution in [0.3, 0.4) is 0 Å². The predicted molar refractivity (Wildman–Crippen MR) is 67.2 cm³/mol. The minimum Gasteiger partial charge on any atom is -0.340 e. The summed E-state index contributed by atoms with van der Waals surface area (Å²) in [6.45, 7) is 1.93. The number of halogens is 1. The molecule has 17 heavy (non-hydrogen) atoms. The Morgan fingerprint density at radius 2 is 2.06 bits per heavy atom. The Hall–Kier alpha value is -1.33. The molecule has 3 nitrogen and oxygen atoms in total. The number of benzene rings is 1. The van der Waals surface area contributed by atoms with E-state index in [9.17, 15) is 4.39 Å². The first-order valence-corrected chi connectivity index (χ1v) is 6.22. The quantitative estimate of drug-likeness (QED) is 0.821. The van der Waals surface area contributed by atoms with Gasteiger partial charge in [-0.1, -0.05) is 23.9 Å². The van der Waals surface area contributed by atoms with Crippen molar-refractivity contribution in [2.45, 2.75) is 23.4 Å². The highest BCUT2D eigenvalue weighted by Gasteiger charge is 2.18. The summed E-state index contributed by atoms with van der Waals surface area (Å²) in [5.74, 6) is -0.236. The number of nitrogens with two attached hydrogens (primary N) is 1. The van der Waals surface area contributed by atoms with Crippen molar-refractivity contribution in [1.29, 1.82) is 0 Å². The van der Waals surface area contributed by atoms with E-state index < -0.39 is 0 Å². The lowest BCUT2D eigenvalue weighted by molar-refractivity contribution is 0.625. The molecule has 0 aliphatic carbocycles. The van der Waals surface area contributed by atoms with E-state index in [1.165, 1.54) is 12.1 Å². The van der Waals surface area contributed by atoms with E-state index in [-0.39, 0.29) is 17.1 Å². The van der Waals surface area contributed by atoms with Gasteiger partial charge in [-0.25, -0.2) is 9.37 Å². The number of nitrogens with zero attached hydrogens (tertiary/aromatic N) is 1. The maximum Gasteiger partial charge on any atom is 0.165 e. The van der Waals surface area contributed by atoms with Crippen molar-refractivity contribution in [3.05, 3.63) is 48.0 Å². The van der Waals surface area contributed by atoms with Gasteiger partial charge in [-0.2, -0.15) is 0 Å². The molecule has 0 spiro atoms. The monoisotopic (exact) mass is 251 g/mol. The second-order valence-corrected chi connectivity index (χ2v) is 4.97. The Morgan fingerprint density at radius 1 is 1.35 bits per heavy atom. The highest BCUT2D eigenvalue weighted by molar-refractivity contribution is 7.99. The largest absolute Gasteiger partial charge is 0.340 e. The SMILES string of the molecule is CC(N)C(Sc1ncc[nH]1)c1ccc(F)cc1. The number of thioether (sulfide) groups is 1. The van der Waals surface area contributed by atoms with Gasteiger partial charge >= 0.3 is 0 Å². The molecule has 0 saturated carbocycles. The number of aromatic nitrogens is 2. The van der Waals surface area contributed by atoms with Gasteiger partial charge in [0, 0.05) is 18.4 Å². The molecule has 2 atom stereocenters. The molecule has 1 aromatic carbocycles. The van der Waals surface area contributed by atoms with Crippen LogP contribution in [-0.2, 0) is 0 Å². The first kappa shape index (κ1) is 12.1. The van der Waals surface area contributed by atoms with Crippen LogP contribution in [0.15, 0.2) is 41.8 Å². The van der Waals surface area contributed by atoms with Gasteiger partial charge in [0.05, 0.1) is 5.25 Å². The third kappa shape index (κ3) is 3.08. The highest BCUT2D eigenvalue weighted by Crippen LogP contribution is 2.35. The first-order chi connectivity index (χ1) is 8.16. The Labute approximate surface area is 104 Å². The molecule has 2 unspecified atom stereocenters. The van der Waals surface area contributed by atoms with Crippen LogP contribution < -0.4 is 5.73 Å². The van der Waals surface area contributed by atoms with Gasteiger partial charge in [-0.15, -0.1) is 0 Å². The molecule has 3 N–H and O–H groups in total. The molecule has 0 saturated heterocycles. The highest BCUT2D eigenvalue weighted by atomic mass is 32.2. The van der Waals surface area contributed by atoms with Crippen LogP contribution in [-0.4, -0.2) is 16.0 Å². The molecule has 0 bridgehead atoms. The minimum absolute atomic E-state index is 0.0458. The zero-order valence-electron chi connectivity index (χ0n) is 9.43. The van der Waals surface area contributed by atoms with Gasteiger partial charge in [0.25, 0.3) is 0 Å². The Balaban J connectivity index is 2.20. The third-order valence-electron chi connectivity index (χ3n) is 2.39. The molecule has 5 heteroatoms. The molecule has 1 aromatic heterocycles. The lowest BCUT2D eigenvalue weighted by Crippen LogP contribution is -2.22. The summed E-state index contributed by atoms with van der Waals surface area (Å²) in [4.78, 5) is 7.19. The predicted octanol–water partition coefficient (Wildman–Crippen LogP) is 2.73. The first-order valence-electron chi connectivity index (χ1n) is 5.34. The summed E-state index contributed by atoms with van der Waals surface area (Å²) in [7, 11) is 0. The van der Waals surface area contributed by atoms with Crippen LogP contribution in [0.1, 0.15) is 17.7 Å². The summed E-state index contributed by atoms with van der Waals surface area (Å²) in [6.07, 6.45) is 3.47. The summed E-state index contributed by atoms with van der Waals surface area (Å²) < 4.78 is 12.9. The second kappa shape index (κ2) is 5.33. The number of aromatic amines is 1. The fourth-order valence-electron chi connectivity index (χ4n) is 1.57. The van der Waals surface area contributed by atoms with Crippen molar-refractivity contribution >= 4 is 11.8 Å². The minimum atomic E-state index is -0.236. The van der Waals surface area contributed by atoms with Crippen molar-refractivity contribution in [2.75, 3.05) is 0 Å². The smallest absolute Gasteiger partial charge is 0.165 e. The number of rotatable bonds is 4. The van der Waals surface area contributed by atoms with E-state index in [4.69, 9.17) is 5.73 Å². The standard InChI is InChI=1S/C12H14FN3S/c1-8(14)11(17-12-15-6-7-16-12)9-2-4-10(13)5-3-9/h2-8,11H,14H2,1H3,(H,15,16). The van der Waals surface area contributed by atoms with Crippen LogP contribution >= 0.6 is 11.8 Å². The van der Waals surface area contributed by atoms with Crippen LogP contribution in [0.5, 0.6) is 0 Å². The van der Waals surface area contributed by atoms with E-state index in [0.29, 0.717) is 0 Å². The molecule has 0 amide bonds. The maximum absolute atomic E-state index is 12.9. The van der Waals surface area contributed by atoms with E-state index in [1.54, 1.807) is 36.3 Å². The lowest BCUT2D eigenvalue weighted by Gasteiger charge is -2.19. The van der Waals surface area contributed by atoms with Crippen LogP contribution in [0, 0.1) is 5.82 Å². The fraction of sp³-hybridized carbons (Fsp3) is 0.250. The van der Waals surface area contributed by atoms with Crippen molar-refractivity contribution in [1.82, 2.24) is 9.97 Å². The topological polar surface area (TPSA) is 54.7 Å². The summed E-state index contributed by atoms with van der Waals surface area (Å²) >= 11 is 1.55. The molecular weight excluding hydrogens is 237 g/mol. The van der Waals surface area contributed by atoms with Gasteiger partial charge in [0.15, 0.2) is 5.16 Å².